The quantitative estimate of drug-likeness (QED) is 0.915. The average Bonchev–Trinajstić information content (AvgIpc) is 2.85. The number of halogens is 2. The fraction of sp³-hybridized carbons (Fsp3) is 0.364. The number of carbonyl (C=O) groups excluding carboxylic acids is 1. The predicted octanol–water partition coefficient (Wildman–Crippen LogP) is 1.66. The largest absolute Gasteiger partial charge is 0.349 e. The minimum Gasteiger partial charge on any atom is -0.349 e. The Morgan fingerprint density at radius 3 is 2.74 bits per heavy atom. The summed E-state index contributed by atoms with van der Waals surface area (Å²) in [7, 11) is 1.82. The van der Waals surface area contributed by atoms with Gasteiger partial charge in [0.05, 0.1) is 39.8 Å². The first-order valence-corrected chi connectivity index (χ1v) is 6.77. The first-order chi connectivity index (χ1) is 8.99. The van der Waals surface area contributed by atoms with E-state index in [0.29, 0.717) is 11.6 Å². The Balaban J connectivity index is 1.94. The van der Waals surface area contributed by atoms with E-state index in [1.807, 2.05) is 14.0 Å². The molecule has 0 aliphatic carbocycles. The lowest BCUT2D eigenvalue weighted by Gasteiger charge is -2.07. The molecule has 0 atom stereocenters. The molecule has 0 bridgehead atoms. The van der Waals surface area contributed by atoms with Gasteiger partial charge in [0.25, 0.3) is 0 Å². The molecular weight excluding hydrogens is 334 g/mol. The molecule has 0 fully saturated rings. The average molecular weight is 347 g/mol. The van der Waals surface area contributed by atoms with Crippen LogP contribution >= 0.6 is 27.5 Å². The zero-order chi connectivity index (χ0) is 14.0. The van der Waals surface area contributed by atoms with E-state index in [-0.39, 0.29) is 12.5 Å². The number of amides is 1. The van der Waals surface area contributed by atoms with Gasteiger partial charge >= 0.3 is 0 Å². The molecule has 2 rings (SSSR count). The summed E-state index contributed by atoms with van der Waals surface area (Å²) in [6, 6.07) is 0. The van der Waals surface area contributed by atoms with Crippen LogP contribution in [-0.2, 0) is 24.9 Å². The zero-order valence-electron chi connectivity index (χ0n) is 10.5. The minimum atomic E-state index is -0.129. The second kappa shape index (κ2) is 5.75. The van der Waals surface area contributed by atoms with Crippen LogP contribution in [0.2, 0.25) is 5.02 Å². The highest BCUT2D eigenvalue weighted by molar-refractivity contribution is 9.10. The summed E-state index contributed by atoms with van der Waals surface area (Å²) in [4.78, 5) is 11.8. The zero-order valence-corrected chi connectivity index (χ0v) is 12.9. The molecule has 1 N–H and O–H groups in total. The maximum atomic E-state index is 11.8. The molecule has 0 aliphatic rings. The Morgan fingerprint density at radius 2 is 2.21 bits per heavy atom. The third-order valence-corrected chi connectivity index (χ3v) is 3.83. The fourth-order valence-corrected chi connectivity index (χ4v) is 2.22. The van der Waals surface area contributed by atoms with Crippen LogP contribution in [0, 0.1) is 6.92 Å². The van der Waals surface area contributed by atoms with E-state index >= 15 is 0 Å². The molecule has 0 unspecified atom stereocenters. The normalized spacial score (nSPS) is 10.7. The maximum Gasteiger partial charge on any atom is 0.242 e. The molecule has 2 aromatic heterocycles. The van der Waals surface area contributed by atoms with Gasteiger partial charge < -0.3 is 5.32 Å². The molecule has 0 aromatic carbocycles. The number of nitrogens with one attached hydrogen (secondary N) is 1. The van der Waals surface area contributed by atoms with Gasteiger partial charge in [-0.25, -0.2) is 0 Å². The smallest absolute Gasteiger partial charge is 0.242 e. The van der Waals surface area contributed by atoms with Gasteiger partial charge in [-0.3, -0.25) is 14.2 Å². The molecule has 1 amide bonds. The monoisotopic (exact) mass is 345 g/mol. The lowest BCUT2D eigenvalue weighted by Crippen LogP contribution is -2.28. The Morgan fingerprint density at radius 1 is 1.47 bits per heavy atom. The topological polar surface area (TPSA) is 64.7 Å². The van der Waals surface area contributed by atoms with Crippen LogP contribution < -0.4 is 5.32 Å². The van der Waals surface area contributed by atoms with E-state index in [1.54, 1.807) is 15.6 Å². The molecule has 8 heteroatoms. The number of aromatic nitrogens is 4. The molecule has 0 radical (unpaired) electrons. The van der Waals surface area contributed by atoms with Crippen molar-refractivity contribution in [2.24, 2.45) is 7.05 Å². The number of aryl methyl sites for hydroxylation is 1. The molecule has 6 nitrogen and oxygen atoms in total. The summed E-state index contributed by atoms with van der Waals surface area (Å²) in [5, 5.41) is 11.5. The van der Waals surface area contributed by atoms with Crippen LogP contribution in [0.25, 0.3) is 0 Å². The van der Waals surface area contributed by atoms with Crippen molar-refractivity contribution in [1.29, 1.82) is 0 Å². The summed E-state index contributed by atoms with van der Waals surface area (Å²) in [5.41, 5.74) is 1.68. The second-order valence-corrected chi connectivity index (χ2v) is 5.34. The van der Waals surface area contributed by atoms with Crippen LogP contribution in [0.5, 0.6) is 0 Å². The van der Waals surface area contributed by atoms with E-state index in [2.05, 4.69) is 31.4 Å². The lowest BCUT2D eigenvalue weighted by atomic mass is 10.4. The van der Waals surface area contributed by atoms with E-state index in [9.17, 15) is 4.79 Å². The highest BCUT2D eigenvalue weighted by Crippen LogP contribution is 2.15. The van der Waals surface area contributed by atoms with Gasteiger partial charge in [-0.1, -0.05) is 11.6 Å². The van der Waals surface area contributed by atoms with Crippen LogP contribution in [0.1, 0.15) is 11.4 Å². The molecule has 0 spiro atoms. The van der Waals surface area contributed by atoms with E-state index < -0.39 is 0 Å². The SMILES string of the molecule is Cc1c(Cl)cnn1CC(=O)NCc1c(Br)cnn1C. The van der Waals surface area contributed by atoms with Crippen molar-refractivity contribution in [3.05, 3.63) is 33.3 Å². The standard InChI is InChI=1S/C11H13BrClN5O/c1-7-9(13)4-16-18(7)6-11(19)14-5-10-8(12)3-15-17(10)2/h3-4H,5-6H2,1-2H3,(H,14,19). The summed E-state index contributed by atoms with van der Waals surface area (Å²) < 4.78 is 4.14. The third-order valence-electron chi connectivity index (χ3n) is 2.80. The van der Waals surface area contributed by atoms with Crippen LogP contribution in [0.15, 0.2) is 16.9 Å². The highest BCUT2D eigenvalue weighted by atomic mass is 79.9. The molecule has 19 heavy (non-hydrogen) atoms. The second-order valence-electron chi connectivity index (χ2n) is 4.08. The number of hydrogen-bond acceptors (Lipinski definition) is 3. The first-order valence-electron chi connectivity index (χ1n) is 5.60. The van der Waals surface area contributed by atoms with Gasteiger partial charge in [0, 0.05) is 7.05 Å². The van der Waals surface area contributed by atoms with Gasteiger partial charge in [-0.05, 0) is 22.9 Å². The molecule has 2 heterocycles. The number of rotatable bonds is 4. The minimum absolute atomic E-state index is 0.129. The molecule has 0 saturated carbocycles. The van der Waals surface area contributed by atoms with E-state index in [0.717, 1.165) is 15.9 Å². The van der Waals surface area contributed by atoms with E-state index in [4.69, 9.17) is 11.6 Å². The fourth-order valence-electron chi connectivity index (χ4n) is 1.59. The summed E-state index contributed by atoms with van der Waals surface area (Å²) >= 11 is 9.26. The molecule has 0 saturated heterocycles. The Labute approximate surface area is 123 Å². The lowest BCUT2D eigenvalue weighted by molar-refractivity contribution is -0.122. The van der Waals surface area contributed by atoms with Gasteiger partial charge in [0.1, 0.15) is 6.54 Å². The van der Waals surface area contributed by atoms with Crippen molar-refractivity contribution in [3.63, 3.8) is 0 Å². The molecule has 2 aromatic rings. The Bertz CT molecular complexity index is 587. The van der Waals surface area contributed by atoms with Crippen molar-refractivity contribution in [1.82, 2.24) is 24.9 Å². The van der Waals surface area contributed by atoms with Crippen molar-refractivity contribution in [2.45, 2.75) is 20.0 Å². The van der Waals surface area contributed by atoms with Crippen molar-refractivity contribution >= 4 is 33.4 Å². The van der Waals surface area contributed by atoms with Crippen molar-refractivity contribution in [3.8, 4) is 0 Å². The van der Waals surface area contributed by atoms with Gasteiger partial charge in [0.15, 0.2) is 0 Å². The van der Waals surface area contributed by atoms with Gasteiger partial charge in [0.2, 0.25) is 5.91 Å². The highest BCUT2D eigenvalue weighted by Gasteiger charge is 2.11. The van der Waals surface area contributed by atoms with Gasteiger partial charge in [-0.2, -0.15) is 10.2 Å². The van der Waals surface area contributed by atoms with Crippen molar-refractivity contribution < 1.29 is 4.79 Å². The van der Waals surface area contributed by atoms with Crippen molar-refractivity contribution in [2.75, 3.05) is 0 Å². The third kappa shape index (κ3) is 3.16. The number of carbonyl (C=O) groups is 1. The summed E-state index contributed by atoms with van der Waals surface area (Å²) in [6.07, 6.45) is 3.22. The van der Waals surface area contributed by atoms with Crippen LogP contribution in [0.3, 0.4) is 0 Å². The number of hydrogen-bond donors (Lipinski definition) is 1. The Hall–Kier alpha value is -1.34. The van der Waals surface area contributed by atoms with E-state index in [1.165, 1.54) is 6.20 Å². The van der Waals surface area contributed by atoms with Gasteiger partial charge in [-0.15, -0.1) is 0 Å². The molecule has 0 aliphatic heterocycles. The maximum absolute atomic E-state index is 11.8. The summed E-state index contributed by atoms with van der Waals surface area (Å²) in [5.74, 6) is -0.129. The molecule has 102 valence electrons. The summed E-state index contributed by atoms with van der Waals surface area (Å²) in [6.45, 7) is 2.37. The first kappa shape index (κ1) is 14.1. The predicted molar refractivity (Wildman–Crippen MR) is 74.7 cm³/mol. The number of nitrogens with zero attached hydrogens (tertiary/aromatic N) is 4. The Kier molecular flexibility index (Phi) is 4.26. The van der Waals surface area contributed by atoms with Crippen LogP contribution in [0.4, 0.5) is 0 Å². The van der Waals surface area contributed by atoms with Crippen LogP contribution in [-0.4, -0.2) is 25.5 Å². The molecular formula is C11H13BrClN5O.